The first-order valence-electron chi connectivity index (χ1n) is 5.36. The molecule has 5 heteroatoms. The zero-order valence-electron chi connectivity index (χ0n) is 9.66. The summed E-state index contributed by atoms with van der Waals surface area (Å²) in [6, 6.07) is 9.91. The lowest BCUT2D eigenvalue weighted by atomic mass is 10.1. The van der Waals surface area contributed by atoms with E-state index in [4.69, 9.17) is 21.6 Å². The van der Waals surface area contributed by atoms with Gasteiger partial charge in [-0.1, -0.05) is 17.7 Å². The van der Waals surface area contributed by atoms with Gasteiger partial charge in [-0.05, 0) is 29.8 Å². The summed E-state index contributed by atoms with van der Waals surface area (Å²) in [5.41, 5.74) is 0.566. The number of hydrogen-bond acceptors (Lipinski definition) is 2. The van der Waals surface area contributed by atoms with Crippen LogP contribution in [0.5, 0.6) is 5.75 Å². The van der Waals surface area contributed by atoms with E-state index in [0.29, 0.717) is 11.3 Å². The summed E-state index contributed by atoms with van der Waals surface area (Å²) < 4.78 is 31.6. The van der Waals surface area contributed by atoms with Gasteiger partial charge in [-0.3, -0.25) is 0 Å². The van der Waals surface area contributed by atoms with E-state index in [2.05, 4.69) is 0 Å². The molecule has 0 heterocycles. The molecule has 0 aliphatic carbocycles. The lowest BCUT2D eigenvalue weighted by Gasteiger charge is -2.07. The van der Waals surface area contributed by atoms with Crippen molar-refractivity contribution in [1.82, 2.24) is 0 Å². The highest BCUT2D eigenvalue weighted by atomic mass is 35.5. The summed E-state index contributed by atoms with van der Waals surface area (Å²) in [5, 5.41) is 8.71. The van der Waals surface area contributed by atoms with Crippen LogP contribution in [0, 0.1) is 23.0 Å². The third-order valence-corrected chi connectivity index (χ3v) is 2.75. The first-order chi connectivity index (χ1) is 9.10. The molecule has 19 heavy (non-hydrogen) atoms. The van der Waals surface area contributed by atoms with Crippen molar-refractivity contribution in [2.75, 3.05) is 0 Å². The average molecular weight is 280 g/mol. The van der Waals surface area contributed by atoms with Crippen LogP contribution in [0.15, 0.2) is 36.4 Å². The minimum atomic E-state index is -0.580. The number of ether oxygens (including phenoxy) is 1. The Balaban J connectivity index is 2.10. The van der Waals surface area contributed by atoms with Gasteiger partial charge in [0.2, 0.25) is 0 Å². The fourth-order valence-electron chi connectivity index (χ4n) is 1.48. The second-order valence-corrected chi connectivity index (χ2v) is 4.20. The SMILES string of the molecule is N#Cc1cc(COc2ccc(Cl)c(F)c2)ccc1F. The molecule has 2 aromatic rings. The lowest BCUT2D eigenvalue weighted by Crippen LogP contribution is -1.97. The standard InChI is InChI=1S/C14H8ClF2NO/c15-12-3-2-11(6-14(12)17)19-8-9-1-4-13(16)10(5-9)7-18/h1-6H,8H2. The summed E-state index contributed by atoms with van der Waals surface area (Å²) >= 11 is 5.55. The number of rotatable bonds is 3. The topological polar surface area (TPSA) is 33.0 Å². The van der Waals surface area contributed by atoms with Crippen LogP contribution in [0.25, 0.3) is 0 Å². The molecule has 0 bridgehead atoms. The van der Waals surface area contributed by atoms with E-state index >= 15 is 0 Å². The maximum atomic E-state index is 13.2. The van der Waals surface area contributed by atoms with E-state index in [1.807, 2.05) is 0 Å². The normalized spacial score (nSPS) is 10.0. The molecular weight excluding hydrogens is 272 g/mol. The van der Waals surface area contributed by atoms with Crippen molar-refractivity contribution in [3.05, 3.63) is 64.2 Å². The third-order valence-electron chi connectivity index (χ3n) is 2.45. The zero-order chi connectivity index (χ0) is 13.8. The smallest absolute Gasteiger partial charge is 0.145 e. The first-order valence-corrected chi connectivity index (χ1v) is 5.74. The van der Waals surface area contributed by atoms with Gasteiger partial charge in [0.25, 0.3) is 0 Å². The second-order valence-electron chi connectivity index (χ2n) is 3.79. The molecule has 0 atom stereocenters. The molecule has 0 aliphatic heterocycles. The van der Waals surface area contributed by atoms with E-state index in [0.717, 1.165) is 6.07 Å². The maximum absolute atomic E-state index is 13.2. The molecule has 2 aromatic carbocycles. The summed E-state index contributed by atoms with van der Waals surface area (Å²) in [5.74, 6) is -0.843. The molecule has 0 saturated heterocycles. The molecule has 0 saturated carbocycles. The molecule has 0 fully saturated rings. The molecule has 0 N–H and O–H groups in total. The van der Waals surface area contributed by atoms with Gasteiger partial charge in [-0.15, -0.1) is 0 Å². The summed E-state index contributed by atoms with van der Waals surface area (Å²) in [4.78, 5) is 0. The summed E-state index contributed by atoms with van der Waals surface area (Å²) in [6.07, 6.45) is 0. The Morgan fingerprint density at radius 2 is 1.89 bits per heavy atom. The van der Waals surface area contributed by atoms with Gasteiger partial charge in [0.15, 0.2) is 0 Å². The second kappa shape index (κ2) is 5.68. The van der Waals surface area contributed by atoms with E-state index < -0.39 is 11.6 Å². The molecule has 2 nitrogen and oxygen atoms in total. The zero-order valence-corrected chi connectivity index (χ0v) is 10.4. The molecule has 0 spiro atoms. The van der Waals surface area contributed by atoms with Crippen LogP contribution in [-0.4, -0.2) is 0 Å². The van der Waals surface area contributed by atoms with Crippen molar-refractivity contribution in [3.8, 4) is 11.8 Å². The van der Waals surface area contributed by atoms with Crippen LogP contribution in [0.3, 0.4) is 0 Å². The molecule has 0 radical (unpaired) electrons. The highest BCUT2D eigenvalue weighted by Crippen LogP contribution is 2.21. The average Bonchev–Trinajstić information content (AvgIpc) is 2.41. The largest absolute Gasteiger partial charge is 0.489 e. The fourth-order valence-corrected chi connectivity index (χ4v) is 1.60. The van der Waals surface area contributed by atoms with Gasteiger partial charge in [0.1, 0.15) is 30.1 Å². The van der Waals surface area contributed by atoms with E-state index in [9.17, 15) is 8.78 Å². The molecule has 2 rings (SSSR count). The van der Waals surface area contributed by atoms with E-state index in [1.165, 1.54) is 30.3 Å². The highest BCUT2D eigenvalue weighted by Gasteiger charge is 2.05. The molecule has 0 aliphatic rings. The summed E-state index contributed by atoms with van der Waals surface area (Å²) in [7, 11) is 0. The Morgan fingerprint density at radius 1 is 1.11 bits per heavy atom. The van der Waals surface area contributed by atoms with Gasteiger partial charge in [-0.2, -0.15) is 5.26 Å². The Morgan fingerprint density at radius 3 is 2.58 bits per heavy atom. The fraction of sp³-hybridized carbons (Fsp3) is 0.0714. The van der Waals surface area contributed by atoms with Crippen molar-refractivity contribution in [2.24, 2.45) is 0 Å². The number of nitriles is 1. The molecular formula is C14H8ClF2NO. The first kappa shape index (κ1) is 13.3. The van der Waals surface area contributed by atoms with Crippen molar-refractivity contribution in [2.45, 2.75) is 6.61 Å². The quantitative estimate of drug-likeness (QED) is 0.848. The van der Waals surface area contributed by atoms with Crippen molar-refractivity contribution >= 4 is 11.6 Å². The molecule has 96 valence electrons. The van der Waals surface area contributed by atoms with Crippen molar-refractivity contribution < 1.29 is 13.5 Å². The highest BCUT2D eigenvalue weighted by molar-refractivity contribution is 6.30. The van der Waals surface area contributed by atoms with Gasteiger partial charge < -0.3 is 4.74 Å². The molecule has 0 amide bonds. The van der Waals surface area contributed by atoms with Crippen molar-refractivity contribution in [3.63, 3.8) is 0 Å². The predicted molar refractivity (Wildman–Crippen MR) is 66.9 cm³/mol. The Kier molecular flexibility index (Phi) is 3.98. The minimum Gasteiger partial charge on any atom is -0.489 e. The number of benzene rings is 2. The van der Waals surface area contributed by atoms with Crippen LogP contribution in [0.2, 0.25) is 5.02 Å². The van der Waals surface area contributed by atoms with Crippen LogP contribution in [0.4, 0.5) is 8.78 Å². The molecule has 0 aromatic heterocycles. The number of halogens is 3. The lowest BCUT2D eigenvalue weighted by molar-refractivity contribution is 0.304. The molecule has 0 unspecified atom stereocenters. The van der Waals surface area contributed by atoms with E-state index in [-0.39, 0.29) is 17.2 Å². The predicted octanol–water partition coefficient (Wildman–Crippen LogP) is 4.07. The van der Waals surface area contributed by atoms with Gasteiger partial charge in [-0.25, -0.2) is 8.78 Å². The monoisotopic (exact) mass is 279 g/mol. The van der Waals surface area contributed by atoms with Gasteiger partial charge >= 0.3 is 0 Å². The van der Waals surface area contributed by atoms with Crippen LogP contribution < -0.4 is 4.74 Å². The Hall–Kier alpha value is -2.12. The Bertz CT molecular complexity index is 652. The van der Waals surface area contributed by atoms with Gasteiger partial charge in [0, 0.05) is 6.07 Å². The van der Waals surface area contributed by atoms with Crippen molar-refractivity contribution in [1.29, 1.82) is 5.26 Å². The minimum absolute atomic E-state index is 0.0147. The third kappa shape index (κ3) is 3.21. The Labute approximate surface area is 113 Å². The van der Waals surface area contributed by atoms with E-state index in [1.54, 1.807) is 6.07 Å². The van der Waals surface area contributed by atoms with Crippen LogP contribution in [0.1, 0.15) is 11.1 Å². The summed E-state index contributed by atoms with van der Waals surface area (Å²) in [6.45, 7) is 0.107. The van der Waals surface area contributed by atoms with Gasteiger partial charge in [0.05, 0.1) is 10.6 Å². The van der Waals surface area contributed by atoms with Crippen LogP contribution >= 0.6 is 11.6 Å². The van der Waals surface area contributed by atoms with Crippen LogP contribution in [-0.2, 0) is 6.61 Å². The number of hydrogen-bond donors (Lipinski definition) is 0. The number of nitrogens with zero attached hydrogens (tertiary/aromatic N) is 1. The maximum Gasteiger partial charge on any atom is 0.145 e.